The molecule has 0 aliphatic heterocycles. The minimum absolute atomic E-state index is 0.238. The first-order valence-corrected chi connectivity index (χ1v) is 5.89. The molecule has 0 aliphatic carbocycles. The zero-order valence-electron chi connectivity index (χ0n) is 10.3. The molecule has 0 aromatic heterocycles. The number of benzene rings is 1. The molecule has 1 aromatic rings. The van der Waals surface area contributed by atoms with Crippen molar-refractivity contribution in [2.75, 3.05) is 6.61 Å². The molecule has 0 fully saturated rings. The van der Waals surface area contributed by atoms with Crippen LogP contribution < -0.4 is 0 Å². The van der Waals surface area contributed by atoms with E-state index in [1.807, 2.05) is 31.2 Å². The fraction of sp³-hybridized carbons (Fsp3) is 0.500. The summed E-state index contributed by atoms with van der Waals surface area (Å²) in [6, 6.07) is 7.70. The summed E-state index contributed by atoms with van der Waals surface area (Å²) in [5.74, 6) is 0.475. The van der Waals surface area contributed by atoms with E-state index in [0.717, 1.165) is 6.42 Å². The third kappa shape index (κ3) is 4.05. The molecule has 0 atom stereocenters. The third-order valence-corrected chi connectivity index (χ3v) is 2.48. The molecule has 16 heavy (non-hydrogen) atoms. The molecule has 0 saturated carbocycles. The van der Waals surface area contributed by atoms with Gasteiger partial charge in [-0.15, -0.1) is 0 Å². The lowest BCUT2D eigenvalue weighted by molar-refractivity contribution is 0.0526. The molecule has 0 saturated heterocycles. The van der Waals surface area contributed by atoms with Crippen LogP contribution in [-0.4, -0.2) is 12.6 Å². The summed E-state index contributed by atoms with van der Waals surface area (Å²) >= 11 is 0. The molecule has 0 aliphatic rings. The standard InChI is InChI=1S/C14H20O2/c1-4-16-14(15)13-9-7-12(8-10-13)6-5-11(2)3/h7-11H,4-6H2,1-3H3. The first-order valence-electron chi connectivity index (χ1n) is 5.89. The van der Waals surface area contributed by atoms with Crippen molar-refractivity contribution in [3.05, 3.63) is 35.4 Å². The van der Waals surface area contributed by atoms with Gasteiger partial charge in [0.15, 0.2) is 0 Å². The number of rotatable bonds is 5. The number of ether oxygens (including phenoxy) is 1. The number of hydrogen-bond acceptors (Lipinski definition) is 2. The molecule has 2 nitrogen and oxygen atoms in total. The topological polar surface area (TPSA) is 26.3 Å². The Morgan fingerprint density at radius 3 is 2.38 bits per heavy atom. The van der Waals surface area contributed by atoms with Crippen molar-refractivity contribution in [2.24, 2.45) is 5.92 Å². The monoisotopic (exact) mass is 220 g/mol. The predicted molar refractivity (Wildman–Crippen MR) is 65.6 cm³/mol. The van der Waals surface area contributed by atoms with Crippen LogP contribution in [0.2, 0.25) is 0 Å². The molecular weight excluding hydrogens is 200 g/mol. The molecule has 0 amide bonds. The van der Waals surface area contributed by atoms with Crippen molar-refractivity contribution in [3.8, 4) is 0 Å². The van der Waals surface area contributed by atoms with Crippen LogP contribution in [0.5, 0.6) is 0 Å². The summed E-state index contributed by atoms with van der Waals surface area (Å²) in [6.45, 7) is 6.67. The molecule has 0 radical (unpaired) electrons. The molecule has 88 valence electrons. The van der Waals surface area contributed by atoms with Gasteiger partial charge in [0, 0.05) is 0 Å². The quantitative estimate of drug-likeness (QED) is 0.710. The van der Waals surface area contributed by atoms with E-state index in [1.54, 1.807) is 0 Å². The summed E-state index contributed by atoms with van der Waals surface area (Å²) in [5, 5.41) is 0. The fourth-order valence-electron chi connectivity index (χ4n) is 1.48. The van der Waals surface area contributed by atoms with Gasteiger partial charge < -0.3 is 4.74 Å². The summed E-state index contributed by atoms with van der Waals surface area (Å²) in [7, 11) is 0. The van der Waals surface area contributed by atoms with E-state index in [1.165, 1.54) is 12.0 Å². The molecule has 2 heteroatoms. The maximum absolute atomic E-state index is 11.4. The van der Waals surface area contributed by atoms with Crippen LogP contribution in [-0.2, 0) is 11.2 Å². The molecule has 1 aromatic carbocycles. The Morgan fingerprint density at radius 2 is 1.88 bits per heavy atom. The Bertz CT molecular complexity index is 325. The molecule has 0 N–H and O–H groups in total. The Kier molecular flexibility index (Phi) is 5.03. The molecule has 0 spiro atoms. The van der Waals surface area contributed by atoms with Crippen LogP contribution in [0.3, 0.4) is 0 Å². The zero-order valence-corrected chi connectivity index (χ0v) is 10.3. The highest BCUT2D eigenvalue weighted by Gasteiger charge is 2.05. The maximum atomic E-state index is 11.4. The van der Waals surface area contributed by atoms with Gasteiger partial charge in [-0.1, -0.05) is 26.0 Å². The van der Waals surface area contributed by atoms with Gasteiger partial charge >= 0.3 is 5.97 Å². The fourth-order valence-corrected chi connectivity index (χ4v) is 1.48. The highest BCUT2D eigenvalue weighted by atomic mass is 16.5. The normalized spacial score (nSPS) is 10.5. The summed E-state index contributed by atoms with van der Waals surface area (Å²) in [4.78, 5) is 11.4. The summed E-state index contributed by atoms with van der Waals surface area (Å²) in [6.07, 6.45) is 2.25. The second-order valence-electron chi connectivity index (χ2n) is 4.35. The van der Waals surface area contributed by atoms with Crippen LogP contribution >= 0.6 is 0 Å². The first kappa shape index (κ1) is 12.8. The number of aryl methyl sites for hydroxylation is 1. The molecule has 0 bridgehead atoms. The number of esters is 1. The molecular formula is C14H20O2. The molecule has 0 heterocycles. The van der Waals surface area contributed by atoms with Gasteiger partial charge in [0.25, 0.3) is 0 Å². The van der Waals surface area contributed by atoms with E-state index in [0.29, 0.717) is 18.1 Å². The first-order chi connectivity index (χ1) is 7.63. The van der Waals surface area contributed by atoms with Crippen molar-refractivity contribution in [3.63, 3.8) is 0 Å². The van der Waals surface area contributed by atoms with Crippen molar-refractivity contribution in [1.82, 2.24) is 0 Å². The Morgan fingerprint density at radius 1 is 1.25 bits per heavy atom. The minimum Gasteiger partial charge on any atom is -0.462 e. The second-order valence-corrected chi connectivity index (χ2v) is 4.35. The average molecular weight is 220 g/mol. The van der Waals surface area contributed by atoms with E-state index in [4.69, 9.17) is 4.74 Å². The van der Waals surface area contributed by atoms with Gasteiger partial charge in [0.1, 0.15) is 0 Å². The lowest BCUT2D eigenvalue weighted by atomic mass is 10.0. The lowest BCUT2D eigenvalue weighted by Crippen LogP contribution is -2.04. The minimum atomic E-state index is -0.238. The van der Waals surface area contributed by atoms with Crippen LogP contribution in [0.1, 0.15) is 43.1 Å². The van der Waals surface area contributed by atoms with Gasteiger partial charge in [-0.2, -0.15) is 0 Å². The number of carbonyl (C=O) groups is 1. The van der Waals surface area contributed by atoms with Crippen LogP contribution in [0.25, 0.3) is 0 Å². The number of hydrogen-bond donors (Lipinski definition) is 0. The molecule has 1 rings (SSSR count). The maximum Gasteiger partial charge on any atom is 0.338 e. The lowest BCUT2D eigenvalue weighted by Gasteiger charge is -2.06. The van der Waals surface area contributed by atoms with Gasteiger partial charge in [0.05, 0.1) is 12.2 Å². The zero-order chi connectivity index (χ0) is 12.0. The van der Waals surface area contributed by atoms with E-state index in [-0.39, 0.29) is 5.97 Å². The Balaban J connectivity index is 2.57. The highest BCUT2D eigenvalue weighted by Crippen LogP contribution is 2.11. The average Bonchev–Trinajstić information content (AvgIpc) is 2.27. The summed E-state index contributed by atoms with van der Waals surface area (Å²) < 4.78 is 4.93. The highest BCUT2D eigenvalue weighted by molar-refractivity contribution is 5.89. The second kappa shape index (κ2) is 6.31. The number of carbonyl (C=O) groups excluding carboxylic acids is 1. The van der Waals surface area contributed by atoms with Crippen molar-refractivity contribution in [1.29, 1.82) is 0 Å². The van der Waals surface area contributed by atoms with Crippen molar-refractivity contribution >= 4 is 5.97 Å². The van der Waals surface area contributed by atoms with E-state index in [9.17, 15) is 4.79 Å². The Hall–Kier alpha value is -1.31. The van der Waals surface area contributed by atoms with Gasteiger partial charge in [-0.05, 0) is 43.4 Å². The van der Waals surface area contributed by atoms with Crippen molar-refractivity contribution in [2.45, 2.75) is 33.6 Å². The van der Waals surface area contributed by atoms with Crippen LogP contribution in [0, 0.1) is 5.92 Å². The third-order valence-electron chi connectivity index (χ3n) is 2.48. The molecule has 0 unspecified atom stereocenters. The summed E-state index contributed by atoms with van der Waals surface area (Å²) in [5.41, 5.74) is 1.91. The van der Waals surface area contributed by atoms with Crippen LogP contribution in [0.15, 0.2) is 24.3 Å². The largest absolute Gasteiger partial charge is 0.462 e. The van der Waals surface area contributed by atoms with Gasteiger partial charge in [-0.3, -0.25) is 0 Å². The predicted octanol–water partition coefficient (Wildman–Crippen LogP) is 3.45. The van der Waals surface area contributed by atoms with E-state index < -0.39 is 0 Å². The smallest absolute Gasteiger partial charge is 0.338 e. The van der Waals surface area contributed by atoms with Gasteiger partial charge in [-0.25, -0.2) is 4.79 Å². The van der Waals surface area contributed by atoms with E-state index in [2.05, 4.69) is 13.8 Å². The Labute approximate surface area is 97.6 Å². The van der Waals surface area contributed by atoms with Gasteiger partial charge in [0.2, 0.25) is 0 Å². The van der Waals surface area contributed by atoms with Crippen molar-refractivity contribution < 1.29 is 9.53 Å². The van der Waals surface area contributed by atoms with E-state index >= 15 is 0 Å². The SMILES string of the molecule is CCOC(=O)c1ccc(CCC(C)C)cc1. The van der Waals surface area contributed by atoms with Crippen LogP contribution in [0.4, 0.5) is 0 Å².